The molecule has 164 valence electrons. The molecule has 0 aromatic heterocycles. The Balaban J connectivity index is 1.11. The second kappa shape index (κ2) is 8.75. The van der Waals surface area contributed by atoms with Gasteiger partial charge in [-0.1, -0.05) is 0 Å². The molecule has 0 aromatic rings. The zero-order valence-corrected chi connectivity index (χ0v) is 17.2. The first-order chi connectivity index (χ1) is 14.2. The maximum atomic E-state index is 14.6. The third-order valence-corrected chi connectivity index (χ3v) is 7.63. The van der Waals surface area contributed by atoms with Gasteiger partial charge in [0.05, 0.1) is 19.4 Å². The lowest BCUT2D eigenvalue weighted by molar-refractivity contribution is -0.134. The van der Waals surface area contributed by atoms with E-state index >= 15 is 0 Å². The quantitative estimate of drug-likeness (QED) is 0.727. The molecule has 0 aromatic carbocycles. The van der Waals surface area contributed by atoms with Crippen LogP contribution in [-0.2, 0) is 14.4 Å². The first-order valence-electron chi connectivity index (χ1n) is 11.6. The first-order valence-corrected chi connectivity index (χ1v) is 11.6. The molecule has 2 saturated carbocycles. The molecule has 2 N–H and O–H groups in total. The van der Waals surface area contributed by atoms with E-state index in [1.807, 2.05) is 0 Å². The zero-order valence-electron chi connectivity index (χ0n) is 17.2. The van der Waals surface area contributed by atoms with E-state index in [1.165, 1.54) is 0 Å². The molecule has 5 fully saturated rings. The van der Waals surface area contributed by atoms with E-state index in [0.717, 1.165) is 64.7 Å². The number of halogens is 1. The van der Waals surface area contributed by atoms with Crippen LogP contribution in [0.2, 0.25) is 0 Å². The monoisotopic (exact) mass is 410 g/mol. The van der Waals surface area contributed by atoms with E-state index in [1.54, 1.807) is 0 Å². The summed E-state index contributed by atoms with van der Waals surface area (Å²) in [5.74, 6) is 1.47. The van der Waals surface area contributed by atoms with Crippen LogP contribution in [0, 0.1) is 17.8 Å². The number of hydrogen-bond donors (Lipinski definition) is 2. The molecule has 5 atom stereocenters. The van der Waals surface area contributed by atoms with E-state index in [2.05, 4.69) is 20.6 Å². The number of ether oxygens (including phenoxy) is 1. The minimum Gasteiger partial charge on any atom is -0.379 e. The molecule has 29 heavy (non-hydrogen) atoms. The van der Waals surface area contributed by atoms with Crippen LogP contribution in [-0.4, -0.2) is 79.7 Å². The number of likely N-dealkylation sites (tertiary alicyclic amines) is 1. The summed E-state index contributed by atoms with van der Waals surface area (Å²) >= 11 is 0. The lowest BCUT2D eigenvalue weighted by Crippen LogP contribution is -2.53. The smallest absolute Gasteiger partial charge is 0.225 e. The Morgan fingerprint density at radius 1 is 0.931 bits per heavy atom. The number of piperidine rings is 1. The van der Waals surface area contributed by atoms with Crippen molar-refractivity contribution < 1.29 is 18.8 Å². The molecule has 3 saturated heterocycles. The summed E-state index contributed by atoms with van der Waals surface area (Å²) in [6.45, 7) is 4.79. The fourth-order valence-corrected chi connectivity index (χ4v) is 5.60. The van der Waals surface area contributed by atoms with Crippen molar-refractivity contribution in [1.82, 2.24) is 20.6 Å². The topological polar surface area (TPSA) is 66.1 Å². The molecule has 5 aliphatic rings. The van der Waals surface area contributed by atoms with Gasteiger partial charge < -0.3 is 9.64 Å². The number of carbonyl (C=O) groups is 1. The Morgan fingerprint density at radius 2 is 1.69 bits per heavy atom. The second-order valence-electron chi connectivity index (χ2n) is 9.54. The number of morpholine rings is 1. The van der Waals surface area contributed by atoms with Crippen molar-refractivity contribution in [2.75, 3.05) is 39.4 Å². The first kappa shape index (κ1) is 20.1. The van der Waals surface area contributed by atoms with Gasteiger partial charge in [-0.15, -0.1) is 0 Å². The number of carbonyl (C=O) groups excluding carboxylic acids is 1. The summed E-state index contributed by atoms with van der Waals surface area (Å²) < 4.78 is 20.1. The minimum absolute atomic E-state index is 0.0150. The fraction of sp³-hybridized carbons (Fsp3) is 0.952. The summed E-state index contributed by atoms with van der Waals surface area (Å²) in [6, 6.07) is -0.0150. The largest absolute Gasteiger partial charge is 0.379 e. The van der Waals surface area contributed by atoms with E-state index in [0.29, 0.717) is 43.3 Å². The Labute approximate surface area is 172 Å². The summed E-state index contributed by atoms with van der Waals surface area (Å²) in [6.07, 6.45) is 5.80. The van der Waals surface area contributed by atoms with Gasteiger partial charge >= 0.3 is 0 Å². The molecule has 0 radical (unpaired) electrons. The summed E-state index contributed by atoms with van der Waals surface area (Å²) in [7, 11) is 0. The Bertz CT molecular complexity index is 578. The van der Waals surface area contributed by atoms with Crippen LogP contribution in [0.4, 0.5) is 4.39 Å². The summed E-state index contributed by atoms with van der Waals surface area (Å²) in [5.41, 5.74) is 3.22. The molecule has 8 heteroatoms. The standard InChI is InChI=1S/C21H35FN4O3/c22-17-4-3-16(13-18(17)25-9-11-28-12-10-25)20-23-19(24-29-20)14-5-7-26(8-6-14)21(27)15-1-2-15/h14-20,23-24H,1-13H2. The lowest BCUT2D eigenvalue weighted by Gasteiger charge is -2.42. The summed E-state index contributed by atoms with van der Waals surface area (Å²) in [4.78, 5) is 22.5. The SMILES string of the molecule is O=C(C1CC1)N1CCC(C2NOC(C3CCC(F)C(N4CCOCC4)C3)N2)CC1. The van der Waals surface area contributed by atoms with Crippen molar-refractivity contribution >= 4 is 5.91 Å². The molecule has 3 heterocycles. The minimum atomic E-state index is -0.747. The van der Waals surface area contributed by atoms with Crippen molar-refractivity contribution in [1.29, 1.82) is 0 Å². The fourth-order valence-electron chi connectivity index (χ4n) is 5.60. The number of nitrogens with one attached hydrogen (secondary N) is 2. The van der Waals surface area contributed by atoms with Gasteiger partial charge in [-0.05, 0) is 50.9 Å². The number of hydrogen-bond acceptors (Lipinski definition) is 6. The van der Waals surface area contributed by atoms with Crippen molar-refractivity contribution in [2.45, 2.75) is 69.6 Å². The number of alkyl halides is 1. The highest BCUT2D eigenvalue weighted by Gasteiger charge is 2.43. The lowest BCUT2D eigenvalue weighted by atomic mass is 9.82. The van der Waals surface area contributed by atoms with Gasteiger partial charge in [0, 0.05) is 44.1 Å². The van der Waals surface area contributed by atoms with E-state index in [4.69, 9.17) is 9.57 Å². The molecular weight excluding hydrogens is 375 g/mol. The Morgan fingerprint density at radius 3 is 2.41 bits per heavy atom. The average Bonchev–Trinajstić information content (AvgIpc) is 3.51. The van der Waals surface area contributed by atoms with Crippen molar-refractivity contribution in [2.24, 2.45) is 17.8 Å². The number of amides is 1. The maximum Gasteiger partial charge on any atom is 0.225 e. The maximum absolute atomic E-state index is 14.6. The van der Waals surface area contributed by atoms with Crippen molar-refractivity contribution in [3.8, 4) is 0 Å². The number of rotatable bonds is 4. The van der Waals surface area contributed by atoms with Gasteiger partial charge in [0.15, 0.2) is 0 Å². The second-order valence-corrected chi connectivity index (χ2v) is 9.54. The molecule has 5 rings (SSSR count). The zero-order chi connectivity index (χ0) is 19.8. The highest BCUT2D eigenvalue weighted by molar-refractivity contribution is 5.81. The molecule has 5 unspecified atom stereocenters. The predicted molar refractivity (Wildman–Crippen MR) is 105 cm³/mol. The molecule has 2 aliphatic carbocycles. The van der Waals surface area contributed by atoms with Gasteiger partial charge in [-0.2, -0.15) is 5.48 Å². The Kier molecular flexibility index (Phi) is 6.07. The van der Waals surface area contributed by atoms with Crippen LogP contribution in [0.1, 0.15) is 44.9 Å². The molecule has 0 spiro atoms. The highest BCUT2D eigenvalue weighted by atomic mass is 19.1. The van der Waals surface area contributed by atoms with Gasteiger partial charge in [-0.3, -0.25) is 19.8 Å². The predicted octanol–water partition coefficient (Wildman–Crippen LogP) is 1.25. The number of nitrogens with zero attached hydrogens (tertiary/aromatic N) is 2. The van der Waals surface area contributed by atoms with E-state index < -0.39 is 6.17 Å². The van der Waals surface area contributed by atoms with Crippen LogP contribution in [0.5, 0.6) is 0 Å². The van der Waals surface area contributed by atoms with Crippen LogP contribution in [0.3, 0.4) is 0 Å². The molecule has 1 amide bonds. The molecule has 7 nitrogen and oxygen atoms in total. The van der Waals surface area contributed by atoms with E-state index in [-0.39, 0.29) is 18.4 Å². The Hall–Kier alpha value is -0.800. The summed E-state index contributed by atoms with van der Waals surface area (Å²) in [5, 5.41) is 3.65. The third-order valence-electron chi connectivity index (χ3n) is 7.63. The van der Waals surface area contributed by atoms with Crippen LogP contribution in [0.15, 0.2) is 0 Å². The molecule has 3 aliphatic heterocycles. The molecular formula is C21H35FN4O3. The van der Waals surface area contributed by atoms with Crippen LogP contribution in [0.25, 0.3) is 0 Å². The highest BCUT2D eigenvalue weighted by Crippen LogP contribution is 2.35. The van der Waals surface area contributed by atoms with E-state index in [9.17, 15) is 9.18 Å². The van der Waals surface area contributed by atoms with Crippen LogP contribution < -0.4 is 10.8 Å². The van der Waals surface area contributed by atoms with Crippen LogP contribution >= 0.6 is 0 Å². The van der Waals surface area contributed by atoms with Gasteiger partial charge in [0.2, 0.25) is 5.91 Å². The van der Waals surface area contributed by atoms with Crippen molar-refractivity contribution in [3.63, 3.8) is 0 Å². The third kappa shape index (κ3) is 4.46. The normalized spacial score (nSPS) is 40.3. The average molecular weight is 411 g/mol. The van der Waals surface area contributed by atoms with Gasteiger partial charge in [0.1, 0.15) is 12.4 Å². The molecule has 0 bridgehead atoms. The van der Waals surface area contributed by atoms with Gasteiger partial charge in [-0.25, -0.2) is 4.39 Å². The van der Waals surface area contributed by atoms with Gasteiger partial charge in [0.25, 0.3) is 0 Å². The number of hydroxylamine groups is 1. The van der Waals surface area contributed by atoms with Crippen molar-refractivity contribution in [3.05, 3.63) is 0 Å².